The molecule has 1 aromatic carbocycles. The summed E-state index contributed by atoms with van der Waals surface area (Å²) in [6.07, 6.45) is 0. The van der Waals surface area contributed by atoms with E-state index in [0.29, 0.717) is 9.58 Å². The van der Waals surface area contributed by atoms with Crippen molar-refractivity contribution in [2.45, 2.75) is 26.4 Å². The molecule has 112 valence electrons. The van der Waals surface area contributed by atoms with Crippen LogP contribution >= 0.6 is 0 Å². The Morgan fingerprint density at radius 2 is 1.90 bits per heavy atom. The van der Waals surface area contributed by atoms with E-state index in [-0.39, 0.29) is 23.5 Å². The van der Waals surface area contributed by atoms with E-state index in [0.717, 1.165) is 0 Å². The number of fused-ring (bicyclic) bond motifs is 1. The third-order valence-electron chi connectivity index (χ3n) is 2.50. The molecule has 0 aliphatic carbocycles. The summed E-state index contributed by atoms with van der Waals surface area (Å²) >= 11 is 0. The van der Waals surface area contributed by atoms with Crippen molar-refractivity contribution in [3.8, 4) is 0 Å². The average molecular weight is 292 g/mol. The molecule has 8 heteroatoms. The molecule has 0 unspecified atom stereocenters. The summed E-state index contributed by atoms with van der Waals surface area (Å²) in [6, 6.07) is 6.25. The second kappa shape index (κ2) is 5.39. The molecule has 0 fully saturated rings. The first-order valence-corrected chi connectivity index (χ1v) is 6.36. The van der Waals surface area contributed by atoms with Crippen LogP contribution in [-0.2, 0) is 9.53 Å². The highest BCUT2D eigenvalue weighted by molar-refractivity contribution is 5.74. The molecule has 1 heterocycles. The summed E-state index contributed by atoms with van der Waals surface area (Å²) in [5.74, 6) is -0.801. The molecule has 2 rings (SSSR count). The van der Waals surface area contributed by atoms with Crippen molar-refractivity contribution < 1.29 is 19.1 Å². The Balaban J connectivity index is 2.20. The van der Waals surface area contributed by atoms with Crippen LogP contribution in [0.2, 0.25) is 0 Å². The molecule has 0 bridgehead atoms. The van der Waals surface area contributed by atoms with Gasteiger partial charge in [-0.2, -0.15) is 0 Å². The number of nitrogens with one attached hydrogen (secondary N) is 1. The molecule has 0 amide bonds. The van der Waals surface area contributed by atoms with Gasteiger partial charge in [-0.25, -0.2) is 9.52 Å². The molecule has 0 spiro atoms. The van der Waals surface area contributed by atoms with Crippen LogP contribution in [0.1, 0.15) is 20.8 Å². The van der Waals surface area contributed by atoms with Crippen LogP contribution in [0.4, 0.5) is 5.95 Å². The van der Waals surface area contributed by atoms with Crippen molar-refractivity contribution in [3.05, 3.63) is 34.7 Å². The van der Waals surface area contributed by atoms with E-state index in [2.05, 4.69) is 10.4 Å². The number of aromatic nitrogens is 3. The van der Waals surface area contributed by atoms with Gasteiger partial charge in [-0.05, 0) is 26.8 Å². The zero-order valence-corrected chi connectivity index (χ0v) is 12.0. The van der Waals surface area contributed by atoms with Crippen LogP contribution in [0.15, 0.2) is 24.3 Å². The number of para-hydroxylation sites is 2. The highest BCUT2D eigenvalue weighted by Gasteiger charge is 2.22. The Hall–Kier alpha value is -2.64. The molecule has 2 aromatic rings. The van der Waals surface area contributed by atoms with E-state index in [1.807, 2.05) is 0 Å². The van der Waals surface area contributed by atoms with Gasteiger partial charge in [0.15, 0.2) is 12.1 Å². The summed E-state index contributed by atoms with van der Waals surface area (Å²) in [5.41, 5.74) is -0.314. The van der Waals surface area contributed by atoms with E-state index in [4.69, 9.17) is 4.74 Å². The number of benzene rings is 1. The number of hydrogen-bond donors (Lipinski definition) is 1. The maximum atomic E-state index is 12.1. The summed E-state index contributed by atoms with van der Waals surface area (Å²) < 4.78 is 5.56. The molecule has 8 nitrogen and oxygen atoms in total. The lowest BCUT2D eigenvalue weighted by Crippen LogP contribution is -2.45. The Morgan fingerprint density at radius 1 is 1.29 bits per heavy atom. The molecule has 0 aliphatic heterocycles. The minimum absolute atomic E-state index is 0.148. The topological polar surface area (TPSA) is 105 Å². The van der Waals surface area contributed by atoms with Gasteiger partial charge in [-0.3, -0.25) is 5.32 Å². The number of anilines is 1. The molecule has 0 aliphatic rings. The van der Waals surface area contributed by atoms with E-state index in [1.165, 1.54) is 12.1 Å². The van der Waals surface area contributed by atoms with Gasteiger partial charge in [0.2, 0.25) is 5.10 Å². The predicted octanol–water partition coefficient (Wildman–Crippen LogP) is 0.255. The van der Waals surface area contributed by atoms with Crippen LogP contribution in [0, 0.1) is 10.4 Å². The van der Waals surface area contributed by atoms with Crippen LogP contribution in [-0.4, -0.2) is 23.2 Å². The van der Waals surface area contributed by atoms with Gasteiger partial charge in [0, 0.05) is 10.9 Å². The monoisotopic (exact) mass is 292 g/mol. The van der Waals surface area contributed by atoms with E-state index in [9.17, 15) is 15.2 Å². The standard InChI is InChI=1S/C13H16N4O4/c1-13(2,3)21-11(18)8-14-12-15-17(20)10-7-5-4-6-9(10)16(12)19/h4-7H,8H2,1-3H3,(H,14,15). The number of ether oxygens (including phenoxy) is 1. The van der Waals surface area contributed by atoms with Crippen molar-refractivity contribution in [3.63, 3.8) is 0 Å². The largest absolute Gasteiger partial charge is 0.739 e. The Labute approximate surface area is 121 Å². The summed E-state index contributed by atoms with van der Waals surface area (Å²) in [7, 11) is 0. The Kier molecular flexibility index (Phi) is 3.79. The number of carbonyl (C=O) groups excluding carboxylic acids is 1. The molecule has 1 N–H and O–H groups in total. The Bertz CT molecular complexity index is 682. The maximum absolute atomic E-state index is 12.1. The predicted molar refractivity (Wildman–Crippen MR) is 74.0 cm³/mol. The van der Waals surface area contributed by atoms with E-state index < -0.39 is 11.6 Å². The highest BCUT2D eigenvalue weighted by Crippen LogP contribution is 2.08. The summed E-state index contributed by atoms with van der Waals surface area (Å²) in [4.78, 5) is 11.9. The quantitative estimate of drug-likeness (QED) is 0.494. The van der Waals surface area contributed by atoms with Crippen LogP contribution in [0.3, 0.4) is 0 Å². The number of carbonyl (C=O) groups is 1. The van der Waals surface area contributed by atoms with Gasteiger partial charge < -0.3 is 15.2 Å². The second-order valence-corrected chi connectivity index (χ2v) is 5.42. The molecule has 1 aromatic heterocycles. The van der Waals surface area contributed by atoms with Crippen molar-refractivity contribution in [1.29, 1.82) is 0 Å². The minimum Gasteiger partial charge on any atom is -0.739 e. The molecule has 0 saturated carbocycles. The molecular formula is C13H16N4O4. The molecule has 0 saturated heterocycles. The second-order valence-electron chi connectivity index (χ2n) is 5.42. The lowest BCUT2D eigenvalue weighted by Gasteiger charge is -2.18. The van der Waals surface area contributed by atoms with Crippen molar-refractivity contribution >= 4 is 23.0 Å². The average Bonchev–Trinajstić information content (AvgIpc) is 2.39. The minimum atomic E-state index is -0.624. The summed E-state index contributed by atoms with van der Waals surface area (Å²) in [5, 5.41) is 29.9. The smallest absolute Gasteiger partial charge is 0.461 e. The lowest BCUT2D eigenvalue weighted by molar-refractivity contribution is -0.672. The van der Waals surface area contributed by atoms with Crippen LogP contribution in [0.25, 0.3) is 11.0 Å². The van der Waals surface area contributed by atoms with Crippen molar-refractivity contribution in [2.24, 2.45) is 0 Å². The first-order valence-electron chi connectivity index (χ1n) is 6.36. The van der Waals surface area contributed by atoms with Crippen molar-refractivity contribution in [1.82, 2.24) is 5.10 Å². The maximum Gasteiger partial charge on any atom is 0.461 e. The number of nitrogens with zero attached hydrogens (tertiary/aromatic N) is 3. The molecule has 0 atom stereocenters. The molecule has 0 radical (unpaired) electrons. The van der Waals surface area contributed by atoms with E-state index in [1.54, 1.807) is 32.9 Å². The molecule has 21 heavy (non-hydrogen) atoms. The fourth-order valence-electron chi connectivity index (χ4n) is 1.73. The normalized spacial score (nSPS) is 11.4. The molecular weight excluding hydrogens is 276 g/mol. The first kappa shape index (κ1) is 14.8. The highest BCUT2D eigenvalue weighted by atomic mass is 16.6. The third-order valence-corrected chi connectivity index (χ3v) is 2.50. The van der Waals surface area contributed by atoms with Crippen LogP contribution in [0.5, 0.6) is 0 Å². The van der Waals surface area contributed by atoms with Gasteiger partial charge in [-0.1, -0.05) is 12.1 Å². The lowest BCUT2D eigenvalue weighted by atomic mass is 10.2. The fraction of sp³-hybridized carbons (Fsp3) is 0.385. The van der Waals surface area contributed by atoms with Gasteiger partial charge in [0.05, 0.1) is 0 Å². The van der Waals surface area contributed by atoms with Gasteiger partial charge in [0.1, 0.15) is 5.60 Å². The van der Waals surface area contributed by atoms with Gasteiger partial charge in [-0.15, -0.1) is 0 Å². The van der Waals surface area contributed by atoms with Crippen molar-refractivity contribution in [2.75, 3.05) is 11.9 Å². The Morgan fingerprint density at radius 3 is 2.52 bits per heavy atom. The fourth-order valence-corrected chi connectivity index (χ4v) is 1.73. The number of rotatable bonds is 3. The zero-order chi connectivity index (χ0) is 15.6. The first-order chi connectivity index (χ1) is 9.78. The SMILES string of the molecule is CC(C)(C)OC(=O)CNc1n[n+]([O-])c2ccccc2[n+]1[O-]. The zero-order valence-electron chi connectivity index (χ0n) is 12.0. The third kappa shape index (κ3) is 3.47. The van der Waals surface area contributed by atoms with E-state index >= 15 is 0 Å². The van der Waals surface area contributed by atoms with Crippen LogP contribution < -0.4 is 14.9 Å². The van der Waals surface area contributed by atoms with Gasteiger partial charge >= 0.3 is 11.9 Å². The number of esters is 1. The van der Waals surface area contributed by atoms with Gasteiger partial charge in [0.25, 0.3) is 5.52 Å². The summed E-state index contributed by atoms with van der Waals surface area (Å²) in [6.45, 7) is 4.94. The number of hydrogen-bond acceptors (Lipinski definition) is 6.